The molecule has 0 radical (unpaired) electrons. The van der Waals surface area contributed by atoms with Crippen molar-refractivity contribution in [1.82, 2.24) is 0 Å². The summed E-state index contributed by atoms with van der Waals surface area (Å²) in [5, 5.41) is 1.23. The average Bonchev–Trinajstić information content (AvgIpc) is 2.89. The highest BCUT2D eigenvalue weighted by Crippen LogP contribution is 2.20. The molecule has 1 nitrogen and oxygen atoms in total. The van der Waals surface area contributed by atoms with Gasteiger partial charge in [-0.05, 0) is 17.9 Å². The molecule has 0 unspecified atom stereocenters. The molecule has 0 N–H and O–H groups in total. The van der Waals surface area contributed by atoms with Gasteiger partial charge in [0, 0.05) is 0 Å². The van der Waals surface area contributed by atoms with E-state index in [0.29, 0.717) is 11.8 Å². The first-order valence-electron chi connectivity index (χ1n) is 7.82. The Labute approximate surface area is 127 Å². The van der Waals surface area contributed by atoms with Crippen LogP contribution < -0.4 is 15.1 Å². The highest BCUT2D eigenvalue weighted by molar-refractivity contribution is 6.88. The zero-order valence-corrected chi connectivity index (χ0v) is 13.3. The SMILES string of the molecule is CC(C)c1cccc(C(C)C)c1B1[C-]=[n+]2ccccc2=C1. The van der Waals surface area contributed by atoms with Gasteiger partial charge >= 0.3 is 0 Å². The highest BCUT2D eigenvalue weighted by Gasteiger charge is 2.23. The maximum Gasteiger partial charge on any atom is 0.231 e. The van der Waals surface area contributed by atoms with Gasteiger partial charge in [-0.15, -0.1) is 0 Å². The van der Waals surface area contributed by atoms with Crippen LogP contribution in [0.2, 0.25) is 0 Å². The standard InChI is InChI=1S/C19H22BN/c1-14(2)17-9-7-10-18(15(3)4)19(17)20-12-16-8-5-6-11-21(16)13-20/h5-12,14-15H,1-4H3. The summed E-state index contributed by atoms with van der Waals surface area (Å²) < 4.78 is 2.12. The summed E-state index contributed by atoms with van der Waals surface area (Å²) in [5.74, 6) is 3.39. The number of rotatable bonds is 3. The van der Waals surface area contributed by atoms with Crippen LogP contribution in [0.5, 0.6) is 0 Å². The van der Waals surface area contributed by atoms with Crippen LogP contribution in [0.25, 0.3) is 5.98 Å². The second-order valence-electron chi connectivity index (χ2n) is 6.43. The van der Waals surface area contributed by atoms with E-state index in [-0.39, 0.29) is 6.71 Å². The number of pyridine rings is 1. The van der Waals surface area contributed by atoms with Gasteiger partial charge in [0.1, 0.15) is 0 Å². The molecule has 2 aromatic rings. The maximum atomic E-state index is 3.60. The van der Waals surface area contributed by atoms with E-state index in [1.807, 2.05) is 0 Å². The van der Waals surface area contributed by atoms with E-state index in [4.69, 9.17) is 0 Å². The lowest BCUT2D eigenvalue weighted by Gasteiger charge is -2.21. The molecule has 0 saturated carbocycles. The van der Waals surface area contributed by atoms with Crippen LogP contribution in [0.15, 0.2) is 42.6 Å². The van der Waals surface area contributed by atoms with Crippen molar-refractivity contribution >= 4 is 18.2 Å². The van der Waals surface area contributed by atoms with Crippen LogP contribution in [-0.2, 0) is 0 Å². The molecule has 0 aliphatic carbocycles. The Kier molecular flexibility index (Phi) is 3.71. The monoisotopic (exact) mass is 275 g/mol. The third-order valence-corrected chi connectivity index (χ3v) is 4.24. The van der Waals surface area contributed by atoms with Gasteiger partial charge in [0.05, 0.1) is 17.7 Å². The molecule has 1 aromatic carbocycles. The van der Waals surface area contributed by atoms with Crippen molar-refractivity contribution < 1.29 is 4.24 Å². The van der Waals surface area contributed by atoms with Crippen molar-refractivity contribution in [2.24, 2.45) is 0 Å². The first kappa shape index (κ1) is 14.1. The summed E-state index contributed by atoms with van der Waals surface area (Å²) in [6, 6.07) is 13.0. The van der Waals surface area contributed by atoms with Gasteiger partial charge < -0.3 is 4.24 Å². The number of hydrogen-bond acceptors (Lipinski definition) is 0. The average molecular weight is 275 g/mol. The Morgan fingerprint density at radius 2 is 1.57 bits per heavy atom. The minimum Gasteiger partial charge on any atom is -0.337 e. The van der Waals surface area contributed by atoms with Gasteiger partial charge in [-0.25, -0.2) is 0 Å². The van der Waals surface area contributed by atoms with Gasteiger partial charge in [0.2, 0.25) is 6.71 Å². The molecule has 3 rings (SSSR count). The summed E-state index contributed by atoms with van der Waals surface area (Å²) in [7, 11) is 0. The minimum atomic E-state index is 0.253. The zero-order valence-electron chi connectivity index (χ0n) is 13.3. The predicted molar refractivity (Wildman–Crippen MR) is 89.4 cm³/mol. The molecule has 0 atom stereocenters. The molecule has 1 aliphatic heterocycles. The molecular formula is C19H22BN. The number of aromatic nitrogens is 1. The number of benzene rings is 1. The van der Waals surface area contributed by atoms with Crippen molar-refractivity contribution in [3.05, 3.63) is 65.2 Å². The number of fused-ring (bicyclic) bond motifs is 1. The summed E-state index contributed by atoms with van der Waals surface area (Å²) in [5.41, 5.74) is 4.35. The zero-order chi connectivity index (χ0) is 15.0. The van der Waals surface area contributed by atoms with Crippen LogP contribution in [0.1, 0.15) is 50.7 Å². The summed E-state index contributed by atoms with van der Waals surface area (Å²) in [6.45, 7) is 9.36. The molecule has 0 amide bonds. The molecule has 2 heterocycles. The van der Waals surface area contributed by atoms with E-state index in [1.54, 1.807) is 0 Å². The van der Waals surface area contributed by atoms with E-state index in [1.165, 1.54) is 21.9 Å². The van der Waals surface area contributed by atoms with Gasteiger partial charge in [-0.2, -0.15) is 0 Å². The largest absolute Gasteiger partial charge is 0.337 e. The van der Waals surface area contributed by atoms with Crippen molar-refractivity contribution in [3.63, 3.8) is 0 Å². The van der Waals surface area contributed by atoms with E-state index in [0.717, 1.165) is 0 Å². The summed E-state index contributed by atoms with van der Waals surface area (Å²) >= 11 is 0. The van der Waals surface area contributed by atoms with Crippen molar-refractivity contribution in [1.29, 1.82) is 0 Å². The van der Waals surface area contributed by atoms with Gasteiger partial charge in [0.25, 0.3) is 0 Å². The van der Waals surface area contributed by atoms with Crippen LogP contribution in [0.3, 0.4) is 0 Å². The molecule has 2 heteroatoms. The van der Waals surface area contributed by atoms with Crippen LogP contribution in [-0.4, -0.2) is 6.71 Å². The van der Waals surface area contributed by atoms with Gasteiger partial charge in [0.15, 0.2) is 0 Å². The van der Waals surface area contributed by atoms with E-state index < -0.39 is 0 Å². The quantitative estimate of drug-likeness (QED) is 0.461. The molecule has 0 fully saturated rings. The topological polar surface area (TPSA) is 5.90 Å². The Hall–Kier alpha value is -1.83. The lowest BCUT2D eigenvalue weighted by atomic mass is 9.44. The first-order valence-corrected chi connectivity index (χ1v) is 7.82. The molecule has 106 valence electrons. The Bertz CT molecular complexity index is 713. The molecular weight excluding hydrogens is 253 g/mol. The fourth-order valence-electron chi connectivity index (χ4n) is 3.18. The third-order valence-electron chi connectivity index (χ3n) is 4.24. The summed E-state index contributed by atoms with van der Waals surface area (Å²) in [4.78, 5) is 0. The fourth-order valence-corrected chi connectivity index (χ4v) is 3.18. The lowest BCUT2D eigenvalue weighted by Crippen LogP contribution is -2.36. The molecule has 1 aliphatic rings. The Morgan fingerprint density at radius 3 is 2.14 bits per heavy atom. The summed E-state index contributed by atoms with van der Waals surface area (Å²) in [6.07, 6.45) is 5.68. The van der Waals surface area contributed by atoms with E-state index in [2.05, 4.69) is 86.6 Å². The van der Waals surface area contributed by atoms with Crippen LogP contribution in [0, 0.1) is 6.11 Å². The van der Waals surface area contributed by atoms with Gasteiger partial charge in [-0.3, -0.25) is 0 Å². The van der Waals surface area contributed by atoms with Crippen molar-refractivity contribution in [2.45, 2.75) is 39.5 Å². The lowest BCUT2D eigenvalue weighted by molar-refractivity contribution is -0.517. The number of nitrogens with zero attached hydrogens (tertiary/aromatic N) is 1. The third kappa shape index (κ3) is 2.55. The van der Waals surface area contributed by atoms with Gasteiger partial charge in [-0.1, -0.05) is 80.6 Å². The van der Waals surface area contributed by atoms with Crippen LogP contribution in [0.4, 0.5) is 0 Å². The smallest absolute Gasteiger partial charge is 0.231 e. The molecule has 21 heavy (non-hydrogen) atoms. The molecule has 0 saturated heterocycles. The van der Waals surface area contributed by atoms with E-state index in [9.17, 15) is 0 Å². The molecule has 0 bridgehead atoms. The fraction of sp³-hybridized carbons (Fsp3) is 0.316. The normalized spacial score (nSPS) is 13.3. The van der Waals surface area contributed by atoms with Crippen molar-refractivity contribution in [3.8, 4) is 0 Å². The molecule has 1 aromatic heterocycles. The first-order chi connectivity index (χ1) is 10.1. The maximum absolute atomic E-state index is 3.60. The second-order valence-corrected chi connectivity index (χ2v) is 6.43. The number of hydrogen-bond donors (Lipinski definition) is 0. The highest BCUT2D eigenvalue weighted by atomic mass is 14.8. The van der Waals surface area contributed by atoms with Crippen LogP contribution >= 0.6 is 0 Å². The minimum absolute atomic E-state index is 0.253. The second kappa shape index (κ2) is 5.52. The van der Waals surface area contributed by atoms with Crippen molar-refractivity contribution in [2.75, 3.05) is 0 Å². The predicted octanol–water partition coefficient (Wildman–Crippen LogP) is 2.38. The Morgan fingerprint density at radius 1 is 0.905 bits per heavy atom. The molecule has 0 spiro atoms. The van der Waals surface area contributed by atoms with E-state index >= 15 is 0 Å². The Balaban J connectivity index is 2.21.